The normalized spacial score (nSPS) is 12.5. The van der Waals surface area contributed by atoms with Gasteiger partial charge in [0.25, 0.3) is 5.56 Å². The molecule has 8 heteroatoms. The molecule has 0 saturated heterocycles. The van der Waals surface area contributed by atoms with E-state index in [2.05, 4.69) is 4.74 Å². The largest absolute Gasteiger partial charge is 0.573 e. The Morgan fingerprint density at radius 1 is 1.12 bits per heavy atom. The van der Waals surface area contributed by atoms with Crippen LogP contribution in [0.1, 0.15) is 19.4 Å². The van der Waals surface area contributed by atoms with E-state index in [9.17, 15) is 18.0 Å². The average molecular weight is 351 g/mol. The molecule has 2 rings (SSSR count). The van der Waals surface area contributed by atoms with Gasteiger partial charge in [0, 0.05) is 40.5 Å². The van der Waals surface area contributed by atoms with Crippen LogP contribution in [0.3, 0.4) is 0 Å². The fraction of sp³-hybridized carbons (Fsp3) is 0.176. The molecule has 0 aliphatic rings. The lowest BCUT2D eigenvalue weighted by Crippen LogP contribution is -2.19. The van der Waals surface area contributed by atoms with Gasteiger partial charge in [-0.05, 0) is 44.2 Å². The third-order valence-electron chi connectivity index (χ3n) is 3.32. The minimum absolute atomic E-state index is 0.235. The van der Waals surface area contributed by atoms with Crippen molar-refractivity contribution in [2.75, 3.05) is 0 Å². The number of ether oxygens (including phenoxy) is 1. The van der Waals surface area contributed by atoms with Crippen molar-refractivity contribution in [2.24, 2.45) is 5.73 Å². The van der Waals surface area contributed by atoms with Crippen LogP contribution < -0.4 is 16.0 Å². The molecule has 0 aliphatic heterocycles. The average Bonchev–Trinajstić information content (AvgIpc) is 2.47. The molecule has 0 amide bonds. The van der Waals surface area contributed by atoms with Gasteiger partial charge >= 0.3 is 6.36 Å². The van der Waals surface area contributed by atoms with Gasteiger partial charge in [0.1, 0.15) is 5.75 Å². The molecular formula is C17H16F3N3O2. The van der Waals surface area contributed by atoms with Crippen LogP contribution in [0.15, 0.2) is 53.1 Å². The van der Waals surface area contributed by atoms with Crippen LogP contribution in [-0.4, -0.2) is 16.6 Å². The number of rotatable bonds is 4. The minimum Gasteiger partial charge on any atom is -0.406 e. The quantitative estimate of drug-likeness (QED) is 0.828. The summed E-state index contributed by atoms with van der Waals surface area (Å²) >= 11 is 0. The van der Waals surface area contributed by atoms with E-state index in [1.807, 2.05) is 0 Å². The first-order chi connectivity index (χ1) is 11.6. The van der Waals surface area contributed by atoms with Crippen molar-refractivity contribution in [2.45, 2.75) is 20.2 Å². The summed E-state index contributed by atoms with van der Waals surface area (Å²) in [5, 5.41) is 7.81. The second kappa shape index (κ2) is 6.84. The van der Waals surface area contributed by atoms with Crippen molar-refractivity contribution in [1.82, 2.24) is 4.57 Å². The predicted octanol–water partition coefficient (Wildman–Crippen LogP) is 3.47. The first kappa shape index (κ1) is 18.3. The molecule has 0 aliphatic carbocycles. The highest BCUT2D eigenvalue weighted by Crippen LogP contribution is 2.24. The van der Waals surface area contributed by atoms with Crippen LogP contribution >= 0.6 is 0 Å². The Labute approximate surface area is 141 Å². The Balaban J connectivity index is 2.46. The van der Waals surface area contributed by atoms with Gasteiger partial charge in [-0.3, -0.25) is 9.36 Å². The van der Waals surface area contributed by atoms with E-state index < -0.39 is 6.36 Å². The van der Waals surface area contributed by atoms with E-state index in [0.29, 0.717) is 22.5 Å². The number of nitrogens with zero attached hydrogens (tertiary/aromatic N) is 1. The number of halogens is 3. The lowest BCUT2D eigenvalue weighted by Gasteiger charge is -2.13. The smallest absolute Gasteiger partial charge is 0.406 e. The zero-order chi connectivity index (χ0) is 18.8. The predicted molar refractivity (Wildman–Crippen MR) is 88.9 cm³/mol. The van der Waals surface area contributed by atoms with Crippen LogP contribution in [0.25, 0.3) is 11.3 Å². The lowest BCUT2D eigenvalue weighted by atomic mass is 10.0. The van der Waals surface area contributed by atoms with E-state index in [1.54, 1.807) is 19.9 Å². The topological polar surface area (TPSA) is 81.1 Å². The number of hydrogen-bond acceptors (Lipinski definition) is 4. The minimum atomic E-state index is -4.78. The van der Waals surface area contributed by atoms with Gasteiger partial charge < -0.3 is 15.9 Å². The Bertz CT molecular complexity index is 877. The summed E-state index contributed by atoms with van der Waals surface area (Å²) < 4.78 is 41.7. The number of benzene rings is 1. The molecule has 0 spiro atoms. The van der Waals surface area contributed by atoms with E-state index in [4.69, 9.17) is 11.1 Å². The van der Waals surface area contributed by atoms with Crippen LogP contribution in [0.5, 0.6) is 5.75 Å². The third kappa shape index (κ3) is 4.50. The van der Waals surface area contributed by atoms with E-state index in [1.165, 1.54) is 29.0 Å². The number of allylic oxidation sites excluding steroid dienone is 2. The fourth-order valence-corrected chi connectivity index (χ4v) is 2.39. The highest BCUT2D eigenvalue weighted by Gasteiger charge is 2.30. The van der Waals surface area contributed by atoms with Crippen molar-refractivity contribution in [3.63, 3.8) is 0 Å². The highest BCUT2D eigenvalue weighted by atomic mass is 19.4. The van der Waals surface area contributed by atoms with Gasteiger partial charge in [-0.2, -0.15) is 0 Å². The van der Waals surface area contributed by atoms with Gasteiger partial charge in [-0.25, -0.2) is 0 Å². The maximum Gasteiger partial charge on any atom is 0.573 e. The Morgan fingerprint density at radius 2 is 1.72 bits per heavy atom. The molecule has 1 aromatic carbocycles. The number of nitrogens with two attached hydrogens (primary N) is 1. The summed E-state index contributed by atoms with van der Waals surface area (Å²) in [5.74, 6) is -0.380. The summed E-state index contributed by atoms with van der Waals surface area (Å²) in [4.78, 5) is 12.1. The van der Waals surface area contributed by atoms with Crippen molar-refractivity contribution in [3.8, 4) is 11.4 Å². The van der Waals surface area contributed by atoms with Crippen LogP contribution in [0.4, 0.5) is 13.2 Å². The zero-order valence-electron chi connectivity index (χ0n) is 13.5. The molecule has 0 unspecified atom stereocenters. The van der Waals surface area contributed by atoms with E-state index in [0.717, 1.165) is 12.1 Å². The molecule has 0 atom stereocenters. The number of nitrogens with one attached hydrogen (secondary N) is 1. The molecule has 5 nitrogen and oxygen atoms in total. The summed E-state index contributed by atoms with van der Waals surface area (Å²) in [6.45, 7) is 3.22. The SMILES string of the molecule is CC(=N)/C(=C(/C)N)c1ccc(=O)n(-c2ccc(OC(F)(F)F)cc2)c1. The summed E-state index contributed by atoms with van der Waals surface area (Å²) in [6, 6.07) is 7.76. The van der Waals surface area contributed by atoms with Crippen molar-refractivity contribution >= 4 is 11.3 Å². The Kier molecular flexibility index (Phi) is 5.01. The van der Waals surface area contributed by atoms with E-state index >= 15 is 0 Å². The summed E-state index contributed by atoms with van der Waals surface area (Å²) in [6.07, 6.45) is -3.29. The zero-order valence-corrected chi connectivity index (χ0v) is 13.5. The molecule has 132 valence electrons. The molecule has 0 fully saturated rings. The molecule has 2 aromatic rings. The van der Waals surface area contributed by atoms with Gasteiger partial charge in [0.2, 0.25) is 0 Å². The van der Waals surface area contributed by atoms with Crippen molar-refractivity contribution in [3.05, 3.63) is 64.2 Å². The molecule has 25 heavy (non-hydrogen) atoms. The van der Waals surface area contributed by atoms with Crippen LogP contribution in [0, 0.1) is 5.41 Å². The molecule has 1 heterocycles. The second-order valence-electron chi connectivity index (χ2n) is 5.35. The van der Waals surface area contributed by atoms with Gasteiger partial charge in [-0.15, -0.1) is 13.2 Å². The molecule has 0 bridgehead atoms. The molecular weight excluding hydrogens is 335 g/mol. The van der Waals surface area contributed by atoms with Gasteiger partial charge in [0.15, 0.2) is 0 Å². The number of hydrogen-bond donors (Lipinski definition) is 2. The maximum atomic E-state index is 12.2. The standard InChI is InChI=1S/C17H16F3N3O2/c1-10(21)16(11(2)22)12-3-8-15(24)23(9-12)13-4-6-14(7-5-13)25-17(18,19)20/h3-9,21H,22H2,1-2H3/b16-11+,21-10?. The van der Waals surface area contributed by atoms with Crippen molar-refractivity contribution in [1.29, 1.82) is 5.41 Å². The van der Waals surface area contributed by atoms with Gasteiger partial charge in [-0.1, -0.05) is 0 Å². The molecule has 3 N–H and O–H groups in total. The molecule has 0 radical (unpaired) electrons. The summed E-state index contributed by atoms with van der Waals surface area (Å²) in [7, 11) is 0. The first-order valence-corrected chi connectivity index (χ1v) is 7.19. The number of alkyl halides is 3. The number of aromatic nitrogens is 1. The first-order valence-electron chi connectivity index (χ1n) is 7.19. The van der Waals surface area contributed by atoms with Crippen molar-refractivity contribution < 1.29 is 17.9 Å². The second-order valence-corrected chi connectivity index (χ2v) is 5.35. The third-order valence-corrected chi connectivity index (χ3v) is 3.32. The maximum absolute atomic E-state index is 12.2. The Morgan fingerprint density at radius 3 is 2.20 bits per heavy atom. The highest BCUT2D eigenvalue weighted by molar-refractivity contribution is 6.21. The van der Waals surface area contributed by atoms with E-state index in [-0.39, 0.29) is 17.0 Å². The summed E-state index contributed by atoms with van der Waals surface area (Å²) in [5.41, 5.74) is 7.50. The molecule has 0 saturated carbocycles. The number of pyridine rings is 1. The van der Waals surface area contributed by atoms with Crippen LogP contribution in [0.2, 0.25) is 0 Å². The van der Waals surface area contributed by atoms with Crippen LogP contribution in [-0.2, 0) is 0 Å². The monoisotopic (exact) mass is 351 g/mol. The fourth-order valence-electron chi connectivity index (χ4n) is 2.39. The molecule has 1 aromatic heterocycles. The Hall–Kier alpha value is -3.03. The lowest BCUT2D eigenvalue weighted by molar-refractivity contribution is -0.274. The van der Waals surface area contributed by atoms with Gasteiger partial charge in [0.05, 0.1) is 0 Å².